The van der Waals surface area contributed by atoms with Gasteiger partial charge in [0.25, 0.3) is 5.56 Å². The Kier molecular flexibility index (Phi) is 7.03. The molecule has 198 valence electrons. The molecule has 1 N–H and O–H groups in total. The van der Waals surface area contributed by atoms with Gasteiger partial charge in [-0.25, -0.2) is 14.6 Å². The molecule has 0 fully saturated rings. The molecule has 0 aliphatic carbocycles. The summed E-state index contributed by atoms with van der Waals surface area (Å²) in [6.45, 7) is 3.65. The predicted octanol–water partition coefficient (Wildman–Crippen LogP) is 3.77. The van der Waals surface area contributed by atoms with Crippen LogP contribution in [0.2, 0.25) is 0 Å². The highest BCUT2D eigenvalue weighted by Crippen LogP contribution is 2.31. The molecule has 1 atom stereocenters. The number of carboxylic acids is 1. The molecule has 1 aliphatic rings. The van der Waals surface area contributed by atoms with Gasteiger partial charge in [-0.1, -0.05) is 35.6 Å². The number of hydrogen-bond acceptors (Lipinski definition) is 8. The molecule has 0 unspecified atom stereocenters. The predicted molar refractivity (Wildman–Crippen MR) is 144 cm³/mol. The Morgan fingerprint density at radius 2 is 1.82 bits per heavy atom. The van der Waals surface area contributed by atoms with Crippen LogP contribution in [0.3, 0.4) is 0 Å². The lowest BCUT2D eigenvalue weighted by Gasteiger charge is -2.24. The van der Waals surface area contributed by atoms with Crippen LogP contribution in [-0.2, 0) is 9.53 Å². The number of esters is 1. The molecular formula is C29H24N2O7S. The van der Waals surface area contributed by atoms with E-state index in [0.29, 0.717) is 49.0 Å². The van der Waals surface area contributed by atoms with Crippen LogP contribution in [0.25, 0.3) is 17.4 Å². The monoisotopic (exact) mass is 544 g/mol. The average Bonchev–Trinajstić information content (AvgIpc) is 3.52. The van der Waals surface area contributed by atoms with Crippen LogP contribution >= 0.6 is 11.3 Å². The zero-order valence-corrected chi connectivity index (χ0v) is 22.2. The first-order valence-corrected chi connectivity index (χ1v) is 12.9. The van der Waals surface area contributed by atoms with Gasteiger partial charge in [0, 0.05) is 11.6 Å². The summed E-state index contributed by atoms with van der Waals surface area (Å²) < 4.78 is 18.4. The number of carbonyl (C=O) groups is 2. The maximum absolute atomic E-state index is 13.7. The van der Waals surface area contributed by atoms with Crippen LogP contribution in [0.5, 0.6) is 5.75 Å². The molecule has 0 radical (unpaired) electrons. The summed E-state index contributed by atoms with van der Waals surface area (Å²) in [6.07, 6.45) is 1.63. The highest BCUT2D eigenvalue weighted by molar-refractivity contribution is 7.07. The molecule has 0 spiro atoms. The number of methoxy groups -OCH3 is 1. The Labute approximate surface area is 226 Å². The summed E-state index contributed by atoms with van der Waals surface area (Å²) in [5.74, 6) is 0.0861. The normalized spacial score (nSPS) is 15.1. The molecule has 4 aromatic rings. The van der Waals surface area contributed by atoms with Crippen molar-refractivity contribution in [2.45, 2.75) is 19.9 Å². The molecular weight excluding hydrogens is 520 g/mol. The molecule has 0 saturated carbocycles. The average molecular weight is 545 g/mol. The molecule has 3 heterocycles. The van der Waals surface area contributed by atoms with Crippen molar-refractivity contribution in [3.8, 4) is 17.1 Å². The van der Waals surface area contributed by atoms with Crippen molar-refractivity contribution in [2.24, 2.45) is 4.99 Å². The van der Waals surface area contributed by atoms with E-state index in [1.807, 2.05) is 12.1 Å². The maximum atomic E-state index is 13.7. The van der Waals surface area contributed by atoms with E-state index in [1.54, 1.807) is 63.4 Å². The van der Waals surface area contributed by atoms with Gasteiger partial charge in [0.1, 0.15) is 17.3 Å². The summed E-state index contributed by atoms with van der Waals surface area (Å²) >= 11 is 1.20. The van der Waals surface area contributed by atoms with Crippen LogP contribution < -0.4 is 19.6 Å². The fourth-order valence-electron chi connectivity index (χ4n) is 4.38. The third-order valence-electron chi connectivity index (χ3n) is 6.27. The van der Waals surface area contributed by atoms with Gasteiger partial charge in [-0.05, 0) is 55.8 Å². The molecule has 2 aromatic heterocycles. The van der Waals surface area contributed by atoms with E-state index in [1.165, 1.54) is 28.0 Å². The fourth-order valence-corrected chi connectivity index (χ4v) is 5.41. The van der Waals surface area contributed by atoms with Crippen LogP contribution in [0.15, 0.2) is 86.1 Å². The first-order valence-electron chi connectivity index (χ1n) is 12.1. The lowest BCUT2D eigenvalue weighted by Crippen LogP contribution is -2.39. The van der Waals surface area contributed by atoms with E-state index in [2.05, 4.69) is 4.99 Å². The van der Waals surface area contributed by atoms with E-state index in [9.17, 15) is 14.4 Å². The Morgan fingerprint density at radius 3 is 2.46 bits per heavy atom. The summed E-state index contributed by atoms with van der Waals surface area (Å²) in [5, 5.41) is 9.11. The number of ether oxygens (including phenoxy) is 2. The minimum atomic E-state index is -1.01. The number of aromatic nitrogens is 1. The highest BCUT2D eigenvalue weighted by atomic mass is 32.1. The summed E-state index contributed by atoms with van der Waals surface area (Å²) in [6, 6.07) is 16.3. The van der Waals surface area contributed by atoms with Crippen molar-refractivity contribution >= 4 is 29.4 Å². The van der Waals surface area contributed by atoms with Gasteiger partial charge in [-0.2, -0.15) is 0 Å². The van der Waals surface area contributed by atoms with Crippen molar-refractivity contribution in [1.82, 2.24) is 4.57 Å². The maximum Gasteiger partial charge on any atom is 0.338 e. The molecule has 9 nitrogen and oxygen atoms in total. The van der Waals surface area contributed by atoms with Crippen molar-refractivity contribution in [3.05, 3.63) is 109 Å². The number of allylic oxidation sites excluding steroid dienone is 1. The lowest BCUT2D eigenvalue weighted by molar-refractivity contribution is -0.139. The van der Waals surface area contributed by atoms with Gasteiger partial charge in [-0.3, -0.25) is 9.36 Å². The number of thiazole rings is 1. The number of fused-ring (bicyclic) bond motifs is 1. The summed E-state index contributed by atoms with van der Waals surface area (Å²) in [4.78, 5) is 42.9. The molecule has 39 heavy (non-hydrogen) atoms. The number of carboxylic acid groups (broad SMARTS) is 1. The van der Waals surface area contributed by atoms with Crippen molar-refractivity contribution in [3.63, 3.8) is 0 Å². The van der Waals surface area contributed by atoms with Crippen LogP contribution in [-0.4, -0.2) is 35.3 Å². The highest BCUT2D eigenvalue weighted by Gasteiger charge is 2.33. The number of furan rings is 1. The Bertz CT molecular complexity index is 1770. The largest absolute Gasteiger partial charge is 0.497 e. The van der Waals surface area contributed by atoms with E-state index >= 15 is 0 Å². The summed E-state index contributed by atoms with van der Waals surface area (Å²) in [7, 11) is 1.57. The Balaban J connectivity index is 1.59. The van der Waals surface area contributed by atoms with E-state index in [-0.39, 0.29) is 17.7 Å². The molecule has 0 saturated heterocycles. The zero-order valence-electron chi connectivity index (χ0n) is 21.3. The number of nitrogens with zero attached hydrogens (tertiary/aromatic N) is 2. The van der Waals surface area contributed by atoms with Gasteiger partial charge in [0.2, 0.25) is 0 Å². The molecule has 10 heteroatoms. The number of benzene rings is 2. The van der Waals surface area contributed by atoms with Gasteiger partial charge in [0.15, 0.2) is 4.80 Å². The SMILES string of the molecule is CCOC(=O)C1=C(C)N=c2s/c(=C\c3ccc(-c4ccc(C(=O)O)cc4)o3)c(=O)n2[C@H]1c1ccc(OC)cc1. The van der Waals surface area contributed by atoms with Gasteiger partial charge < -0.3 is 19.0 Å². The number of aromatic carboxylic acids is 1. The van der Waals surface area contributed by atoms with Crippen molar-refractivity contribution in [1.29, 1.82) is 0 Å². The number of carbonyl (C=O) groups excluding carboxylic acids is 1. The van der Waals surface area contributed by atoms with E-state index in [4.69, 9.17) is 19.0 Å². The first-order chi connectivity index (χ1) is 18.8. The lowest BCUT2D eigenvalue weighted by atomic mass is 9.96. The first kappa shape index (κ1) is 25.9. The van der Waals surface area contributed by atoms with Gasteiger partial charge in [-0.15, -0.1) is 0 Å². The molecule has 0 amide bonds. The second kappa shape index (κ2) is 10.6. The Morgan fingerprint density at radius 1 is 1.10 bits per heavy atom. The third-order valence-corrected chi connectivity index (χ3v) is 7.25. The summed E-state index contributed by atoms with van der Waals surface area (Å²) in [5.41, 5.74) is 2.05. The van der Waals surface area contributed by atoms with E-state index < -0.39 is 18.0 Å². The Hall–Kier alpha value is -4.70. The second-order valence-electron chi connectivity index (χ2n) is 8.66. The quantitative estimate of drug-likeness (QED) is 0.352. The molecule has 5 rings (SSSR count). The zero-order chi connectivity index (χ0) is 27.7. The van der Waals surface area contributed by atoms with Crippen molar-refractivity contribution < 1.29 is 28.6 Å². The van der Waals surface area contributed by atoms with Gasteiger partial charge in [0.05, 0.1) is 41.1 Å². The second-order valence-corrected chi connectivity index (χ2v) is 9.67. The molecule has 0 bridgehead atoms. The van der Waals surface area contributed by atoms with Crippen LogP contribution in [0.1, 0.15) is 41.6 Å². The van der Waals surface area contributed by atoms with Crippen LogP contribution in [0.4, 0.5) is 0 Å². The minimum absolute atomic E-state index is 0.176. The van der Waals surface area contributed by atoms with Gasteiger partial charge >= 0.3 is 11.9 Å². The molecule has 1 aliphatic heterocycles. The van der Waals surface area contributed by atoms with E-state index in [0.717, 1.165) is 0 Å². The topological polar surface area (TPSA) is 120 Å². The standard InChI is InChI=1S/C29H24N2O7S/c1-4-37-28(35)24-16(2)30-29-31(25(24)18-9-11-20(36-3)12-10-18)26(32)23(39-29)15-21-13-14-22(38-21)17-5-7-19(8-6-17)27(33)34/h5-15,25H,4H2,1-3H3,(H,33,34)/b23-15-/t25-/m0/s1. The minimum Gasteiger partial charge on any atom is -0.497 e. The number of hydrogen-bond donors (Lipinski definition) is 1. The number of rotatable bonds is 7. The molecule has 2 aromatic carbocycles. The van der Waals surface area contributed by atoms with Crippen molar-refractivity contribution in [2.75, 3.05) is 13.7 Å². The fraction of sp³-hybridized carbons (Fsp3) is 0.172. The van der Waals surface area contributed by atoms with Crippen LogP contribution in [0, 0.1) is 0 Å². The smallest absolute Gasteiger partial charge is 0.338 e. The third kappa shape index (κ3) is 4.94.